The minimum atomic E-state index is 0.206. The highest BCUT2D eigenvalue weighted by Crippen LogP contribution is 2.32. The summed E-state index contributed by atoms with van der Waals surface area (Å²) < 4.78 is 13.0. The lowest BCUT2D eigenvalue weighted by Gasteiger charge is -2.12. The van der Waals surface area contributed by atoms with E-state index in [1.54, 1.807) is 18.9 Å². The zero-order valence-electron chi connectivity index (χ0n) is 17.9. The molecular weight excluding hydrogens is 410 g/mol. The Hall–Kier alpha value is -3.13. The first-order chi connectivity index (χ1) is 15.2. The number of methoxy groups -OCH3 is 1. The molecule has 2 heterocycles. The number of aromatic nitrogens is 5. The number of rotatable bonds is 9. The molecule has 31 heavy (non-hydrogen) atoms. The fourth-order valence-corrected chi connectivity index (χ4v) is 4.01. The first kappa shape index (κ1) is 21.1. The van der Waals surface area contributed by atoms with Gasteiger partial charge in [-0.05, 0) is 24.1 Å². The first-order valence-electron chi connectivity index (χ1n) is 10.2. The van der Waals surface area contributed by atoms with Crippen LogP contribution in [0.1, 0.15) is 37.0 Å². The monoisotopic (exact) mass is 435 g/mol. The number of ether oxygens (including phenoxy) is 1. The van der Waals surface area contributed by atoms with Gasteiger partial charge in [0, 0.05) is 12.5 Å². The summed E-state index contributed by atoms with van der Waals surface area (Å²) in [6.07, 6.45) is 0.869. The third kappa shape index (κ3) is 4.96. The smallest absolute Gasteiger partial charge is 0.229 e. The maximum absolute atomic E-state index is 5.56. The predicted molar refractivity (Wildman–Crippen MR) is 120 cm³/mol. The number of benzene rings is 2. The van der Waals surface area contributed by atoms with Gasteiger partial charge in [-0.3, -0.25) is 0 Å². The van der Waals surface area contributed by atoms with Crippen LogP contribution in [0.3, 0.4) is 0 Å². The van der Waals surface area contributed by atoms with Gasteiger partial charge in [-0.15, -0.1) is 10.2 Å². The SMILES string of the molecule is COc1ccccc1-c1nnc(SCc2noc(C(C)C)n2)n1CCc1ccccc1. The number of hydrogen-bond donors (Lipinski definition) is 0. The summed E-state index contributed by atoms with van der Waals surface area (Å²) in [6.45, 7) is 4.81. The molecule has 0 bridgehead atoms. The Morgan fingerprint density at radius 1 is 1.03 bits per heavy atom. The highest BCUT2D eigenvalue weighted by molar-refractivity contribution is 7.98. The molecule has 0 amide bonds. The van der Waals surface area contributed by atoms with E-state index in [1.165, 1.54) is 5.56 Å². The summed E-state index contributed by atoms with van der Waals surface area (Å²) in [5, 5.41) is 13.9. The van der Waals surface area contributed by atoms with Gasteiger partial charge in [0.1, 0.15) is 5.75 Å². The molecule has 0 spiro atoms. The van der Waals surface area contributed by atoms with E-state index in [4.69, 9.17) is 9.26 Å². The Kier molecular flexibility index (Phi) is 6.66. The van der Waals surface area contributed by atoms with E-state index in [0.29, 0.717) is 17.5 Å². The van der Waals surface area contributed by atoms with Crippen LogP contribution in [0.4, 0.5) is 0 Å². The van der Waals surface area contributed by atoms with Crippen LogP contribution in [0, 0.1) is 0 Å². The number of nitrogens with zero attached hydrogens (tertiary/aromatic N) is 5. The van der Waals surface area contributed by atoms with Crippen LogP contribution in [-0.2, 0) is 18.7 Å². The third-order valence-electron chi connectivity index (χ3n) is 4.84. The van der Waals surface area contributed by atoms with Crippen LogP contribution in [0.5, 0.6) is 5.75 Å². The van der Waals surface area contributed by atoms with E-state index < -0.39 is 0 Å². The van der Waals surface area contributed by atoms with Gasteiger partial charge >= 0.3 is 0 Å². The number of hydrogen-bond acceptors (Lipinski definition) is 7. The standard InChI is InChI=1S/C23H25N5O2S/c1-16(2)22-24-20(27-30-22)15-31-23-26-25-21(18-11-7-8-12-19(18)29-3)28(23)14-13-17-9-5-4-6-10-17/h4-12,16H,13-15H2,1-3H3. The van der Waals surface area contributed by atoms with Crippen LogP contribution < -0.4 is 4.74 Å². The van der Waals surface area contributed by atoms with Crippen LogP contribution in [0.25, 0.3) is 11.4 Å². The third-order valence-corrected chi connectivity index (χ3v) is 5.80. The Labute approximate surface area is 185 Å². The average molecular weight is 436 g/mol. The Morgan fingerprint density at radius 3 is 2.55 bits per heavy atom. The molecule has 0 aliphatic rings. The molecule has 7 nitrogen and oxygen atoms in total. The molecule has 2 aromatic heterocycles. The van der Waals surface area contributed by atoms with E-state index >= 15 is 0 Å². The predicted octanol–water partition coefficient (Wildman–Crippen LogP) is 5.00. The summed E-state index contributed by atoms with van der Waals surface area (Å²) in [4.78, 5) is 4.46. The second-order valence-corrected chi connectivity index (χ2v) is 8.33. The summed E-state index contributed by atoms with van der Waals surface area (Å²) in [5.41, 5.74) is 2.18. The second kappa shape index (κ2) is 9.78. The van der Waals surface area contributed by atoms with E-state index in [1.807, 2.05) is 44.2 Å². The number of thioether (sulfide) groups is 1. The van der Waals surface area contributed by atoms with Gasteiger partial charge < -0.3 is 13.8 Å². The van der Waals surface area contributed by atoms with Crippen molar-refractivity contribution in [2.24, 2.45) is 0 Å². The molecule has 0 aliphatic carbocycles. The van der Waals surface area contributed by atoms with Crippen LogP contribution in [0.15, 0.2) is 64.3 Å². The highest BCUT2D eigenvalue weighted by atomic mass is 32.2. The van der Waals surface area contributed by atoms with Crippen LogP contribution in [-0.4, -0.2) is 32.0 Å². The van der Waals surface area contributed by atoms with Gasteiger partial charge in [-0.2, -0.15) is 4.98 Å². The van der Waals surface area contributed by atoms with Crippen molar-refractivity contribution >= 4 is 11.8 Å². The topological polar surface area (TPSA) is 78.9 Å². The molecule has 0 aliphatic heterocycles. The van der Waals surface area contributed by atoms with Gasteiger partial charge in [0.05, 0.1) is 18.4 Å². The summed E-state index contributed by atoms with van der Waals surface area (Å²) in [5.74, 6) is 3.63. The summed E-state index contributed by atoms with van der Waals surface area (Å²) in [6, 6.07) is 18.3. The molecule has 0 N–H and O–H groups in total. The van der Waals surface area contributed by atoms with Gasteiger partial charge in [-0.25, -0.2) is 0 Å². The fraction of sp³-hybridized carbons (Fsp3) is 0.304. The maximum atomic E-state index is 5.56. The van der Waals surface area contributed by atoms with Crippen molar-refractivity contribution < 1.29 is 9.26 Å². The summed E-state index contributed by atoms with van der Waals surface area (Å²) >= 11 is 1.55. The first-order valence-corrected chi connectivity index (χ1v) is 11.2. The van der Waals surface area contributed by atoms with Crippen molar-refractivity contribution in [2.75, 3.05) is 7.11 Å². The Balaban J connectivity index is 1.61. The molecule has 0 unspecified atom stereocenters. The average Bonchev–Trinajstić information content (AvgIpc) is 3.44. The molecule has 4 aromatic rings. The molecule has 0 saturated carbocycles. The number of aryl methyl sites for hydroxylation is 1. The van der Waals surface area contributed by atoms with Crippen molar-refractivity contribution in [2.45, 2.75) is 43.6 Å². The largest absolute Gasteiger partial charge is 0.496 e. The molecule has 2 aromatic carbocycles. The van der Waals surface area contributed by atoms with Crippen molar-refractivity contribution in [1.82, 2.24) is 24.9 Å². The van der Waals surface area contributed by atoms with E-state index in [-0.39, 0.29) is 5.92 Å². The van der Waals surface area contributed by atoms with E-state index in [0.717, 1.165) is 35.3 Å². The maximum Gasteiger partial charge on any atom is 0.229 e. The molecule has 8 heteroatoms. The lowest BCUT2D eigenvalue weighted by molar-refractivity contribution is 0.362. The van der Waals surface area contributed by atoms with Crippen LogP contribution >= 0.6 is 11.8 Å². The van der Waals surface area contributed by atoms with Crippen molar-refractivity contribution in [1.29, 1.82) is 0 Å². The van der Waals surface area contributed by atoms with Gasteiger partial charge in [0.2, 0.25) is 5.89 Å². The Morgan fingerprint density at radius 2 is 1.81 bits per heavy atom. The zero-order chi connectivity index (χ0) is 21.6. The zero-order valence-corrected chi connectivity index (χ0v) is 18.7. The molecule has 0 fully saturated rings. The van der Waals surface area contributed by atoms with Gasteiger partial charge in [-0.1, -0.05) is 73.2 Å². The molecule has 0 radical (unpaired) electrons. The molecule has 0 saturated heterocycles. The quantitative estimate of drug-likeness (QED) is 0.343. The van der Waals surface area contributed by atoms with Crippen molar-refractivity contribution in [3.63, 3.8) is 0 Å². The van der Waals surface area contributed by atoms with Crippen molar-refractivity contribution in [3.05, 3.63) is 71.9 Å². The van der Waals surface area contributed by atoms with Crippen molar-refractivity contribution in [3.8, 4) is 17.1 Å². The lowest BCUT2D eigenvalue weighted by Crippen LogP contribution is -2.06. The molecule has 160 valence electrons. The summed E-state index contributed by atoms with van der Waals surface area (Å²) in [7, 11) is 1.67. The molecule has 0 atom stereocenters. The number of para-hydroxylation sites is 1. The highest BCUT2D eigenvalue weighted by Gasteiger charge is 2.19. The molecular formula is C23H25N5O2S. The van der Waals surface area contributed by atoms with Gasteiger partial charge in [0.15, 0.2) is 16.8 Å². The lowest BCUT2D eigenvalue weighted by atomic mass is 10.1. The normalized spacial score (nSPS) is 11.2. The molecule has 4 rings (SSSR count). The van der Waals surface area contributed by atoms with E-state index in [2.05, 4.69) is 49.2 Å². The van der Waals surface area contributed by atoms with Crippen LogP contribution in [0.2, 0.25) is 0 Å². The van der Waals surface area contributed by atoms with E-state index in [9.17, 15) is 0 Å². The second-order valence-electron chi connectivity index (χ2n) is 7.39. The van der Waals surface area contributed by atoms with Gasteiger partial charge in [0.25, 0.3) is 0 Å². The fourth-order valence-electron chi connectivity index (χ4n) is 3.20. The minimum Gasteiger partial charge on any atom is -0.496 e. The Bertz CT molecular complexity index is 1120. The minimum absolute atomic E-state index is 0.206.